The second kappa shape index (κ2) is 5.61. The summed E-state index contributed by atoms with van der Waals surface area (Å²) < 4.78 is 0. The Morgan fingerprint density at radius 1 is 0.826 bits per heavy atom. The average molecular weight is 300 g/mol. The number of nitrogens with zero attached hydrogens (tertiary/aromatic N) is 1. The molecule has 112 valence electrons. The molecule has 23 heavy (non-hydrogen) atoms. The number of imidazole rings is 1. The predicted octanol–water partition coefficient (Wildman–Crippen LogP) is 4.53. The number of rotatable bonds is 3. The van der Waals surface area contributed by atoms with Gasteiger partial charge in [-0.05, 0) is 41.0 Å². The monoisotopic (exact) mass is 300 g/mol. The molecular formula is C20H16N2O. The molecule has 3 nitrogen and oxygen atoms in total. The maximum Gasteiger partial charge on any atom is 0.116 e. The minimum atomic E-state index is 0.286. The zero-order valence-electron chi connectivity index (χ0n) is 12.5. The second-order valence-corrected chi connectivity index (χ2v) is 5.62. The van der Waals surface area contributed by atoms with Crippen LogP contribution >= 0.6 is 0 Å². The predicted molar refractivity (Wildman–Crippen MR) is 92.4 cm³/mol. The van der Waals surface area contributed by atoms with Crippen LogP contribution in [0.15, 0.2) is 72.8 Å². The fraction of sp³-hybridized carbons (Fsp3) is 0.0500. The topological polar surface area (TPSA) is 48.9 Å². The Hall–Kier alpha value is -3.07. The summed E-state index contributed by atoms with van der Waals surface area (Å²) in [7, 11) is 0. The van der Waals surface area contributed by atoms with E-state index in [1.807, 2.05) is 36.4 Å². The van der Waals surface area contributed by atoms with Crippen LogP contribution in [0.3, 0.4) is 0 Å². The molecule has 0 aliphatic carbocycles. The number of benzene rings is 3. The van der Waals surface area contributed by atoms with Crippen molar-refractivity contribution in [1.29, 1.82) is 0 Å². The summed E-state index contributed by atoms with van der Waals surface area (Å²) in [5.41, 5.74) is 5.38. The molecule has 3 heteroatoms. The van der Waals surface area contributed by atoms with Gasteiger partial charge in [0.25, 0.3) is 0 Å². The summed E-state index contributed by atoms with van der Waals surface area (Å²) in [4.78, 5) is 7.97. The first-order chi connectivity index (χ1) is 11.3. The fourth-order valence-electron chi connectivity index (χ4n) is 2.78. The number of hydrogen-bond donors (Lipinski definition) is 2. The molecule has 0 atom stereocenters. The molecular weight excluding hydrogens is 284 g/mol. The third-order valence-electron chi connectivity index (χ3n) is 3.94. The van der Waals surface area contributed by atoms with E-state index in [0.29, 0.717) is 0 Å². The number of aromatic hydroxyl groups is 1. The van der Waals surface area contributed by atoms with Gasteiger partial charge in [-0.1, -0.05) is 48.5 Å². The first-order valence-corrected chi connectivity index (χ1v) is 7.60. The largest absolute Gasteiger partial charge is 0.508 e. The Bertz CT molecular complexity index is 922. The van der Waals surface area contributed by atoms with Gasteiger partial charge in [-0.15, -0.1) is 0 Å². The van der Waals surface area contributed by atoms with Crippen LogP contribution in [-0.4, -0.2) is 15.1 Å². The van der Waals surface area contributed by atoms with Crippen LogP contribution < -0.4 is 0 Å². The number of hydrogen-bond acceptors (Lipinski definition) is 2. The van der Waals surface area contributed by atoms with Gasteiger partial charge in [0.1, 0.15) is 11.6 Å². The summed E-state index contributed by atoms with van der Waals surface area (Å²) >= 11 is 0. The lowest BCUT2D eigenvalue weighted by atomic mass is 10.0. The van der Waals surface area contributed by atoms with Crippen molar-refractivity contribution in [3.05, 3.63) is 84.2 Å². The molecule has 3 aromatic carbocycles. The number of nitrogens with one attached hydrogen (secondary N) is 1. The van der Waals surface area contributed by atoms with E-state index in [4.69, 9.17) is 0 Å². The number of phenols is 1. The maximum atomic E-state index is 9.58. The van der Waals surface area contributed by atoms with Crippen molar-refractivity contribution in [1.82, 2.24) is 9.97 Å². The lowest BCUT2D eigenvalue weighted by Gasteiger charge is -2.04. The lowest BCUT2D eigenvalue weighted by Crippen LogP contribution is -1.90. The third kappa shape index (κ3) is 2.81. The van der Waals surface area contributed by atoms with Gasteiger partial charge in [0, 0.05) is 6.42 Å². The van der Waals surface area contributed by atoms with Gasteiger partial charge in [-0.25, -0.2) is 4.98 Å². The highest BCUT2D eigenvalue weighted by molar-refractivity contribution is 5.74. The van der Waals surface area contributed by atoms with Crippen molar-refractivity contribution in [2.24, 2.45) is 0 Å². The van der Waals surface area contributed by atoms with Gasteiger partial charge in [-0.3, -0.25) is 0 Å². The summed E-state index contributed by atoms with van der Waals surface area (Å²) in [6, 6.07) is 23.7. The number of aromatic nitrogens is 2. The van der Waals surface area contributed by atoms with E-state index in [0.717, 1.165) is 34.4 Å². The van der Waals surface area contributed by atoms with E-state index < -0.39 is 0 Å². The van der Waals surface area contributed by atoms with E-state index >= 15 is 0 Å². The van der Waals surface area contributed by atoms with Crippen LogP contribution in [0.2, 0.25) is 0 Å². The van der Waals surface area contributed by atoms with Gasteiger partial charge in [-0.2, -0.15) is 0 Å². The summed E-state index contributed by atoms with van der Waals surface area (Å²) in [6.07, 6.45) is 0.773. The first-order valence-electron chi connectivity index (χ1n) is 7.60. The Morgan fingerprint density at radius 2 is 1.65 bits per heavy atom. The molecule has 0 radical (unpaired) electrons. The van der Waals surface area contributed by atoms with Crippen molar-refractivity contribution >= 4 is 11.0 Å². The van der Waals surface area contributed by atoms with Crippen LogP contribution in [0.5, 0.6) is 5.75 Å². The van der Waals surface area contributed by atoms with E-state index in [9.17, 15) is 5.11 Å². The van der Waals surface area contributed by atoms with E-state index in [2.05, 4.69) is 34.2 Å². The van der Waals surface area contributed by atoms with Crippen LogP contribution in [0.4, 0.5) is 0 Å². The molecule has 0 spiro atoms. The standard InChI is InChI=1S/C20H16N2O/c23-17-5-3-4-16(13-17)15-10-8-14(9-11-15)12-20-21-18-6-1-2-7-19(18)22-20/h1-11,13,23H,12H2,(H,21,22). The van der Waals surface area contributed by atoms with Crippen LogP contribution in [0, 0.1) is 0 Å². The van der Waals surface area contributed by atoms with Crippen molar-refractivity contribution in [2.75, 3.05) is 0 Å². The SMILES string of the molecule is Oc1cccc(-c2ccc(Cc3nc4ccccc4[nH]3)cc2)c1. The molecule has 0 saturated heterocycles. The van der Waals surface area contributed by atoms with Gasteiger partial charge in [0.05, 0.1) is 11.0 Å². The van der Waals surface area contributed by atoms with Crippen molar-refractivity contribution in [2.45, 2.75) is 6.42 Å². The highest BCUT2D eigenvalue weighted by Crippen LogP contribution is 2.24. The minimum absolute atomic E-state index is 0.286. The second-order valence-electron chi connectivity index (χ2n) is 5.62. The summed E-state index contributed by atoms with van der Waals surface area (Å²) in [6.45, 7) is 0. The molecule has 0 saturated carbocycles. The van der Waals surface area contributed by atoms with Gasteiger partial charge in [0.2, 0.25) is 0 Å². The molecule has 0 amide bonds. The maximum absolute atomic E-state index is 9.58. The van der Waals surface area contributed by atoms with Crippen LogP contribution in [-0.2, 0) is 6.42 Å². The van der Waals surface area contributed by atoms with Crippen LogP contribution in [0.25, 0.3) is 22.2 Å². The average Bonchev–Trinajstić information content (AvgIpc) is 2.98. The highest BCUT2D eigenvalue weighted by atomic mass is 16.3. The number of H-pyrrole nitrogens is 1. The molecule has 2 N–H and O–H groups in total. The molecule has 1 aromatic heterocycles. The summed E-state index contributed by atoms with van der Waals surface area (Å²) in [5, 5.41) is 9.58. The van der Waals surface area contributed by atoms with Crippen molar-refractivity contribution < 1.29 is 5.11 Å². The number of para-hydroxylation sites is 2. The third-order valence-corrected chi connectivity index (χ3v) is 3.94. The number of aromatic amines is 1. The molecule has 0 bridgehead atoms. The number of fused-ring (bicyclic) bond motifs is 1. The van der Waals surface area contributed by atoms with Gasteiger partial charge >= 0.3 is 0 Å². The molecule has 0 fully saturated rings. The van der Waals surface area contributed by atoms with Gasteiger partial charge < -0.3 is 10.1 Å². The minimum Gasteiger partial charge on any atom is -0.508 e. The molecule has 1 heterocycles. The number of phenolic OH excluding ortho intramolecular Hbond substituents is 1. The van der Waals surface area contributed by atoms with E-state index in [1.54, 1.807) is 12.1 Å². The highest BCUT2D eigenvalue weighted by Gasteiger charge is 2.04. The van der Waals surface area contributed by atoms with Crippen LogP contribution in [0.1, 0.15) is 11.4 Å². The normalized spacial score (nSPS) is 11.0. The zero-order valence-corrected chi connectivity index (χ0v) is 12.5. The fourth-order valence-corrected chi connectivity index (χ4v) is 2.78. The Morgan fingerprint density at radius 3 is 2.43 bits per heavy atom. The van der Waals surface area contributed by atoms with E-state index in [1.165, 1.54) is 5.56 Å². The first kappa shape index (κ1) is 13.6. The molecule has 4 aromatic rings. The Balaban J connectivity index is 1.58. The lowest BCUT2D eigenvalue weighted by molar-refractivity contribution is 0.475. The zero-order chi connectivity index (χ0) is 15.6. The molecule has 0 unspecified atom stereocenters. The summed E-state index contributed by atoms with van der Waals surface area (Å²) in [5.74, 6) is 1.25. The molecule has 0 aliphatic heterocycles. The Labute approximate surface area is 134 Å². The van der Waals surface area contributed by atoms with Gasteiger partial charge in [0.15, 0.2) is 0 Å². The van der Waals surface area contributed by atoms with E-state index in [-0.39, 0.29) is 5.75 Å². The Kier molecular flexibility index (Phi) is 3.31. The molecule has 4 rings (SSSR count). The quantitative estimate of drug-likeness (QED) is 0.584. The van der Waals surface area contributed by atoms with Crippen molar-refractivity contribution in [3.63, 3.8) is 0 Å². The molecule has 0 aliphatic rings. The smallest absolute Gasteiger partial charge is 0.116 e. The van der Waals surface area contributed by atoms with Crippen molar-refractivity contribution in [3.8, 4) is 16.9 Å².